The zero-order valence-corrected chi connectivity index (χ0v) is 17.1. The lowest BCUT2D eigenvalue weighted by Gasteiger charge is -2.12. The number of aromatic nitrogens is 6. The first-order valence-electron chi connectivity index (χ1n) is 10.2. The van der Waals surface area contributed by atoms with E-state index in [1.54, 1.807) is 12.4 Å². The number of fused-ring (bicyclic) bond motifs is 1. The van der Waals surface area contributed by atoms with Gasteiger partial charge in [-0.2, -0.15) is 0 Å². The Morgan fingerprint density at radius 3 is 2.61 bits per heavy atom. The van der Waals surface area contributed by atoms with E-state index >= 15 is 0 Å². The number of aryl methyl sites for hydroxylation is 1. The monoisotopic (exact) mass is 407 g/mol. The summed E-state index contributed by atoms with van der Waals surface area (Å²) >= 11 is 0. The Hall–Kier alpha value is -4.13. The lowest BCUT2D eigenvalue weighted by atomic mass is 10.2. The molecular formula is C24H21N7. The van der Waals surface area contributed by atoms with Gasteiger partial charge in [-0.15, -0.1) is 0 Å². The molecule has 0 radical (unpaired) electrons. The van der Waals surface area contributed by atoms with E-state index in [0.717, 1.165) is 46.0 Å². The number of pyridine rings is 2. The maximum absolute atomic E-state index is 4.68. The Morgan fingerprint density at radius 2 is 1.74 bits per heavy atom. The summed E-state index contributed by atoms with van der Waals surface area (Å²) in [6, 6.07) is 19.8. The van der Waals surface area contributed by atoms with Crippen LogP contribution in [0.4, 0.5) is 5.82 Å². The van der Waals surface area contributed by atoms with Crippen molar-refractivity contribution in [3.05, 3.63) is 90.6 Å². The van der Waals surface area contributed by atoms with Crippen molar-refractivity contribution in [1.29, 1.82) is 0 Å². The normalized spacial score (nSPS) is 11.0. The fraction of sp³-hybridized carbons (Fsp3) is 0.125. The van der Waals surface area contributed by atoms with E-state index in [4.69, 9.17) is 0 Å². The van der Waals surface area contributed by atoms with Crippen LogP contribution in [0.5, 0.6) is 0 Å². The molecule has 1 aromatic carbocycles. The van der Waals surface area contributed by atoms with E-state index in [9.17, 15) is 0 Å². The smallest absolute Gasteiger partial charge is 0.180 e. The topological polar surface area (TPSA) is 81.4 Å². The highest BCUT2D eigenvalue weighted by Crippen LogP contribution is 2.21. The predicted octanol–water partition coefficient (Wildman–Crippen LogP) is 4.45. The first kappa shape index (κ1) is 18.9. The van der Waals surface area contributed by atoms with E-state index in [0.29, 0.717) is 12.4 Å². The van der Waals surface area contributed by atoms with Crippen LogP contribution in [0.1, 0.15) is 18.2 Å². The molecule has 1 N–H and O–H groups in total. The number of para-hydroxylation sites is 2. The molecule has 0 bridgehead atoms. The van der Waals surface area contributed by atoms with Crippen LogP contribution in [0.25, 0.3) is 28.4 Å². The van der Waals surface area contributed by atoms with Crippen molar-refractivity contribution in [3.63, 3.8) is 0 Å². The molecule has 0 saturated carbocycles. The van der Waals surface area contributed by atoms with E-state index < -0.39 is 0 Å². The fourth-order valence-electron chi connectivity index (χ4n) is 3.48. The molecule has 0 fully saturated rings. The van der Waals surface area contributed by atoms with Crippen LogP contribution in [0.3, 0.4) is 0 Å². The van der Waals surface area contributed by atoms with Crippen LogP contribution in [0.2, 0.25) is 0 Å². The second kappa shape index (κ2) is 8.31. The average Bonchev–Trinajstić information content (AvgIpc) is 3.27. The number of nitrogens with zero attached hydrogens (tertiary/aromatic N) is 6. The largest absolute Gasteiger partial charge is 0.366 e. The molecule has 7 heteroatoms. The fourth-order valence-corrected chi connectivity index (χ4v) is 3.48. The van der Waals surface area contributed by atoms with Crippen LogP contribution in [0.15, 0.2) is 79.4 Å². The molecule has 0 aliphatic carbocycles. The maximum Gasteiger partial charge on any atom is 0.180 e. The predicted molar refractivity (Wildman–Crippen MR) is 121 cm³/mol. The summed E-state index contributed by atoms with van der Waals surface area (Å²) in [5, 5.41) is 3.44. The van der Waals surface area contributed by atoms with Crippen LogP contribution >= 0.6 is 0 Å². The molecule has 0 spiro atoms. The molecule has 0 amide bonds. The van der Waals surface area contributed by atoms with E-state index in [2.05, 4.69) is 43.2 Å². The first-order chi connectivity index (χ1) is 15.3. The Balaban J connectivity index is 1.46. The maximum atomic E-state index is 4.68. The molecule has 5 aromatic rings. The zero-order chi connectivity index (χ0) is 21.0. The van der Waals surface area contributed by atoms with Crippen molar-refractivity contribution in [1.82, 2.24) is 29.5 Å². The lowest BCUT2D eigenvalue weighted by Crippen LogP contribution is -2.09. The Labute approximate surface area is 179 Å². The summed E-state index contributed by atoms with van der Waals surface area (Å²) in [6.45, 7) is 2.65. The van der Waals surface area contributed by atoms with Gasteiger partial charge in [0.1, 0.15) is 23.7 Å². The van der Waals surface area contributed by atoms with Crippen molar-refractivity contribution in [3.8, 4) is 17.3 Å². The number of anilines is 1. The average molecular weight is 407 g/mol. The van der Waals surface area contributed by atoms with Gasteiger partial charge in [0.2, 0.25) is 0 Å². The minimum absolute atomic E-state index is 0.567. The van der Waals surface area contributed by atoms with Crippen molar-refractivity contribution in [2.45, 2.75) is 19.9 Å². The van der Waals surface area contributed by atoms with Gasteiger partial charge in [-0.25, -0.2) is 19.9 Å². The van der Waals surface area contributed by atoms with Crippen molar-refractivity contribution >= 4 is 16.9 Å². The second-order valence-corrected chi connectivity index (χ2v) is 7.08. The van der Waals surface area contributed by atoms with Gasteiger partial charge < -0.3 is 5.32 Å². The summed E-state index contributed by atoms with van der Waals surface area (Å²) in [7, 11) is 0. The lowest BCUT2D eigenvalue weighted by molar-refractivity contribution is 0.957. The number of rotatable bonds is 6. The van der Waals surface area contributed by atoms with E-state index in [-0.39, 0.29) is 0 Å². The minimum Gasteiger partial charge on any atom is -0.366 e. The van der Waals surface area contributed by atoms with Crippen molar-refractivity contribution in [2.24, 2.45) is 0 Å². The molecule has 0 aliphatic rings. The summed E-state index contributed by atoms with van der Waals surface area (Å²) in [5.74, 6) is 2.23. The highest BCUT2D eigenvalue weighted by atomic mass is 15.1. The van der Waals surface area contributed by atoms with Crippen molar-refractivity contribution < 1.29 is 0 Å². The van der Waals surface area contributed by atoms with Gasteiger partial charge in [0, 0.05) is 36.3 Å². The van der Waals surface area contributed by atoms with Crippen LogP contribution in [-0.4, -0.2) is 29.5 Å². The molecular weight excluding hydrogens is 386 g/mol. The molecule has 0 saturated heterocycles. The van der Waals surface area contributed by atoms with Gasteiger partial charge >= 0.3 is 0 Å². The molecule has 152 valence electrons. The van der Waals surface area contributed by atoms with Crippen LogP contribution in [-0.2, 0) is 13.0 Å². The third kappa shape index (κ3) is 3.85. The molecule has 0 aliphatic heterocycles. The number of hydrogen-bond acceptors (Lipinski definition) is 6. The quantitative estimate of drug-likeness (QED) is 0.448. The summed E-state index contributed by atoms with van der Waals surface area (Å²) in [6.07, 6.45) is 6.18. The third-order valence-corrected chi connectivity index (χ3v) is 5.04. The molecule has 0 atom stereocenters. The van der Waals surface area contributed by atoms with Crippen molar-refractivity contribution in [2.75, 3.05) is 5.32 Å². The highest BCUT2D eigenvalue weighted by Gasteiger charge is 2.11. The molecule has 7 nitrogen and oxygen atoms in total. The van der Waals surface area contributed by atoms with Gasteiger partial charge in [0.05, 0.1) is 11.0 Å². The molecule has 4 heterocycles. The number of benzene rings is 1. The SMILES string of the molecule is CCc1cc(NCc2cccnc2-n2cnc3ccccc32)nc(-c2ccccn2)n1. The minimum atomic E-state index is 0.567. The summed E-state index contributed by atoms with van der Waals surface area (Å²) in [4.78, 5) is 22.8. The number of hydrogen-bond donors (Lipinski definition) is 1. The Bertz CT molecular complexity index is 1330. The summed E-state index contributed by atoms with van der Waals surface area (Å²) in [5.41, 5.74) is 4.73. The third-order valence-electron chi connectivity index (χ3n) is 5.04. The van der Waals surface area contributed by atoms with Gasteiger partial charge in [-0.05, 0) is 36.8 Å². The standard InChI is InChI=1S/C24H21N7/c1-2-18-14-22(30-23(29-18)20-10-5-6-12-25-20)27-15-17-8-7-13-26-24(17)31-16-28-19-9-3-4-11-21(19)31/h3-14,16H,2,15H2,1H3,(H,27,29,30). The molecule has 4 aromatic heterocycles. The molecule has 31 heavy (non-hydrogen) atoms. The molecule has 0 unspecified atom stereocenters. The molecule has 5 rings (SSSR count). The van der Waals surface area contributed by atoms with Gasteiger partial charge in [0.25, 0.3) is 0 Å². The summed E-state index contributed by atoms with van der Waals surface area (Å²) < 4.78 is 2.02. The van der Waals surface area contributed by atoms with Crippen LogP contribution in [0, 0.1) is 0 Å². The number of imidazole rings is 1. The van der Waals surface area contributed by atoms with E-state index in [1.807, 2.05) is 65.5 Å². The zero-order valence-electron chi connectivity index (χ0n) is 17.1. The van der Waals surface area contributed by atoms with Crippen LogP contribution < -0.4 is 5.32 Å². The van der Waals surface area contributed by atoms with Gasteiger partial charge in [0.15, 0.2) is 5.82 Å². The Kier molecular flexibility index (Phi) is 5.06. The van der Waals surface area contributed by atoms with Gasteiger partial charge in [-0.3, -0.25) is 9.55 Å². The highest BCUT2D eigenvalue weighted by molar-refractivity contribution is 5.77. The Morgan fingerprint density at radius 1 is 0.871 bits per heavy atom. The first-order valence-corrected chi connectivity index (χ1v) is 10.2. The van der Waals surface area contributed by atoms with E-state index in [1.165, 1.54) is 0 Å². The number of nitrogens with one attached hydrogen (secondary N) is 1. The van der Waals surface area contributed by atoms with Gasteiger partial charge in [-0.1, -0.05) is 31.2 Å². The second-order valence-electron chi connectivity index (χ2n) is 7.08.